The van der Waals surface area contributed by atoms with E-state index in [0.29, 0.717) is 12.3 Å². The predicted octanol–water partition coefficient (Wildman–Crippen LogP) is 2.35. The number of nitriles is 1. The summed E-state index contributed by atoms with van der Waals surface area (Å²) < 4.78 is 37.1. The zero-order valence-corrected chi connectivity index (χ0v) is 7.73. The van der Waals surface area contributed by atoms with E-state index < -0.39 is 28.2 Å². The van der Waals surface area contributed by atoms with E-state index >= 15 is 0 Å². The molecule has 15 heavy (non-hydrogen) atoms. The van der Waals surface area contributed by atoms with Crippen molar-refractivity contribution >= 4 is 16.8 Å². The molecule has 0 amide bonds. The summed E-state index contributed by atoms with van der Waals surface area (Å²) in [5, 5.41) is 7.09. The van der Waals surface area contributed by atoms with Crippen molar-refractivity contribution in [1.29, 1.82) is 5.26 Å². The van der Waals surface area contributed by atoms with E-state index in [-0.39, 0.29) is 0 Å². The summed E-state index contributed by atoms with van der Waals surface area (Å²) in [5.41, 5.74) is -2.44. The monoisotopic (exact) mass is 234 g/mol. The zero-order chi connectivity index (χ0) is 11.6. The van der Waals surface area contributed by atoms with Gasteiger partial charge in [-0.05, 0) is 17.7 Å². The third-order valence-corrected chi connectivity index (χ3v) is 1.74. The van der Waals surface area contributed by atoms with Crippen LogP contribution in [-0.2, 0) is 6.18 Å². The third kappa shape index (κ3) is 2.44. The maximum atomic E-state index is 12.4. The van der Waals surface area contributed by atoms with Gasteiger partial charge in [-0.3, -0.25) is 4.79 Å². The molecule has 0 aliphatic heterocycles. The number of pyridine rings is 1. The maximum absolute atomic E-state index is 12.4. The number of carbonyl (C=O) groups is 1. The maximum Gasteiger partial charge on any atom is 0.417 e. The number of nitrogens with zero attached hydrogens (tertiary/aromatic N) is 2. The topological polar surface area (TPSA) is 53.8 Å². The molecule has 0 fully saturated rings. The van der Waals surface area contributed by atoms with Gasteiger partial charge >= 0.3 is 6.18 Å². The second-order valence-corrected chi connectivity index (χ2v) is 2.84. The van der Waals surface area contributed by atoms with Crippen LogP contribution < -0.4 is 0 Å². The van der Waals surface area contributed by atoms with E-state index in [2.05, 4.69) is 4.98 Å². The van der Waals surface area contributed by atoms with Crippen molar-refractivity contribution in [3.63, 3.8) is 0 Å². The Labute approximate surface area is 87.1 Å². The van der Waals surface area contributed by atoms with Gasteiger partial charge in [0, 0.05) is 6.20 Å². The number of hydrogen-bond donors (Lipinski definition) is 0. The first-order valence-electron chi connectivity index (χ1n) is 3.53. The van der Waals surface area contributed by atoms with Gasteiger partial charge in [0.15, 0.2) is 0 Å². The Balaban J connectivity index is 3.44. The van der Waals surface area contributed by atoms with Crippen LogP contribution >= 0.6 is 11.6 Å². The summed E-state index contributed by atoms with van der Waals surface area (Å²) in [5.74, 6) is 0. The smallest absolute Gasteiger partial charge is 0.276 e. The summed E-state index contributed by atoms with van der Waals surface area (Å²) in [6.07, 6.45) is -4.11. The van der Waals surface area contributed by atoms with Crippen molar-refractivity contribution in [3.8, 4) is 6.07 Å². The molecule has 1 heterocycles. The number of carbonyl (C=O) groups excluding carboxylic acids is 1. The van der Waals surface area contributed by atoms with Gasteiger partial charge in [-0.2, -0.15) is 18.4 Å². The normalized spacial score (nSPS) is 10.9. The summed E-state index contributed by atoms with van der Waals surface area (Å²) in [7, 11) is 0. The minimum absolute atomic E-state index is 0.427. The number of halogens is 4. The second-order valence-electron chi connectivity index (χ2n) is 2.50. The largest absolute Gasteiger partial charge is 0.417 e. The minimum atomic E-state index is -4.74. The number of aromatic nitrogens is 1. The van der Waals surface area contributed by atoms with Gasteiger partial charge in [0.05, 0.1) is 11.1 Å². The molecule has 0 saturated carbocycles. The zero-order valence-electron chi connectivity index (χ0n) is 6.97. The molecule has 1 aromatic rings. The molecule has 7 heteroatoms. The van der Waals surface area contributed by atoms with Crippen LogP contribution in [0.2, 0.25) is 0 Å². The Kier molecular flexibility index (Phi) is 2.95. The van der Waals surface area contributed by atoms with Crippen molar-refractivity contribution in [2.24, 2.45) is 0 Å². The molecule has 0 N–H and O–H groups in total. The van der Waals surface area contributed by atoms with Crippen molar-refractivity contribution in [3.05, 3.63) is 29.1 Å². The first-order chi connectivity index (χ1) is 6.86. The molecular formula is C8H2ClF3N2O. The number of rotatable bonds is 1. The first-order valence-corrected chi connectivity index (χ1v) is 3.91. The van der Waals surface area contributed by atoms with E-state index in [1.165, 1.54) is 6.07 Å². The van der Waals surface area contributed by atoms with Crippen LogP contribution in [0.1, 0.15) is 21.6 Å². The molecule has 0 bridgehead atoms. The summed E-state index contributed by atoms with van der Waals surface area (Å²) in [4.78, 5) is 14.0. The van der Waals surface area contributed by atoms with Crippen molar-refractivity contribution in [2.45, 2.75) is 6.18 Å². The van der Waals surface area contributed by atoms with E-state index in [1.54, 1.807) is 0 Å². The highest BCUT2D eigenvalue weighted by Crippen LogP contribution is 2.32. The molecular weight excluding hydrogens is 233 g/mol. The Morgan fingerprint density at radius 2 is 2.13 bits per heavy atom. The average molecular weight is 235 g/mol. The second kappa shape index (κ2) is 3.87. The van der Waals surface area contributed by atoms with E-state index in [4.69, 9.17) is 16.9 Å². The van der Waals surface area contributed by atoms with Crippen molar-refractivity contribution < 1.29 is 18.0 Å². The van der Waals surface area contributed by atoms with Gasteiger partial charge in [-0.15, -0.1) is 0 Å². The van der Waals surface area contributed by atoms with Gasteiger partial charge in [-0.1, -0.05) is 0 Å². The van der Waals surface area contributed by atoms with E-state index in [1.807, 2.05) is 0 Å². The Morgan fingerprint density at radius 3 is 2.53 bits per heavy atom. The lowest BCUT2D eigenvalue weighted by Gasteiger charge is -2.09. The van der Waals surface area contributed by atoms with Crippen LogP contribution in [0, 0.1) is 11.3 Å². The fourth-order valence-corrected chi connectivity index (χ4v) is 1.06. The summed E-state index contributed by atoms with van der Waals surface area (Å²) >= 11 is 4.95. The lowest BCUT2D eigenvalue weighted by molar-refractivity contribution is -0.137. The fourth-order valence-electron chi connectivity index (χ4n) is 0.908. The molecule has 0 aromatic carbocycles. The molecule has 1 rings (SSSR count). The standard InChI is InChI=1S/C8H2ClF3N2O/c9-7(15)5-3-14-4(2-13)1-6(5)8(10,11)12/h1,3H. The Hall–Kier alpha value is -1.61. The SMILES string of the molecule is N#Cc1cc(C(F)(F)F)c(C(=O)Cl)cn1. The highest BCUT2D eigenvalue weighted by Gasteiger charge is 2.35. The Bertz CT molecular complexity index is 450. The lowest BCUT2D eigenvalue weighted by Crippen LogP contribution is -2.12. The minimum Gasteiger partial charge on any atom is -0.276 e. The van der Waals surface area contributed by atoms with Gasteiger partial charge < -0.3 is 0 Å². The van der Waals surface area contributed by atoms with Gasteiger partial charge in [0.25, 0.3) is 5.24 Å². The molecule has 3 nitrogen and oxygen atoms in total. The molecule has 78 valence electrons. The van der Waals surface area contributed by atoms with Gasteiger partial charge in [-0.25, -0.2) is 4.98 Å². The molecule has 0 atom stereocenters. The quantitative estimate of drug-likeness (QED) is 0.701. The van der Waals surface area contributed by atoms with Crippen LogP contribution in [0.5, 0.6) is 0 Å². The van der Waals surface area contributed by atoms with Crippen LogP contribution in [0.15, 0.2) is 12.3 Å². The molecule has 0 saturated heterocycles. The van der Waals surface area contributed by atoms with E-state index in [9.17, 15) is 18.0 Å². The lowest BCUT2D eigenvalue weighted by atomic mass is 10.1. The molecule has 0 spiro atoms. The highest BCUT2D eigenvalue weighted by molar-refractivity contribution is 6.67. The molecule has 0 radical (unpaired) electrons. The van der Waals surface area contributed by atoms with Crippen LogP contribution in [0.4, 0.5) is 13.2 Å². The van der Waals surface area contributed by atoms with Crippen LogP contribution in [0.25, 0.3) is 0 Å². The average Bonchev–Trinajstić information content (AvgIpc) is 2.15. The van der Waals surface area contributed by atoms with E-state index in [0.717, 1.165) is 0 Å². The molecule has 0 aliphatic carbocycles. The molecule has 0 unspecified atom stereocenters. The molecule has 0 aliphatic rings. The Morgan fingerprint density at radius 1 is 1.53 bits per heavy atom. The number of hydrogen-bond acceptors (Lipinski definition) is 3. The predicted molar refractivity (Wildman–Crippen MR) is 44.1 cm³/mol. The van der Waals surface area contributed by atoms with Gasteiger partial charge in [0.2, 0.25) is 0 Å². The first kappa shape index (κ1) is 11.5. The van der Waals surface area contributed by atoms with Gasteiger partial charge in [0.1, 0.15) is 11.8 Å². The fraction of sp³-hybridized carbons (Fsp3) is 0.125. The highest BCUT2D eigenvalue weighted by atomic mass is 35.5. The third-order valence-electron chi connectivity index (χ3n) is 1.54. The van der Waals surface area contributed by atoms with Crippen molar-refractivity contribution in [1.82, 2.24) is 4.98 Å². The number of alkyl halides is 3. The van der Waals surface area contributed by atoms with Crippen LogP contribution in [0.3, 0.4) is 0 Å². The summed E-state index contributed by atoms with van der Waals surface area (Å²) in [6.45, 7) is 0. The van der Waals surface area contributed by atoms with Crippen molar-refractivity contribution in [2.75, 3.05) is 0 Å². The van der Waals surface area contributed by atoms with Crippen LogP contribution in [-0.4, -0.2) is 10.2 Å². The molecule has 1 aromatic heterocycles. The summed E-state index contributed by atoms with van der Waals surface area (Å²) in [6, 6.07) is 1.92.